The van der Waals surface area contributed by atoms with Gasteiger partial charge < -0.3 is 10.1 Å². The lowest BCUT2D eigenvalue weighted by Gasteiger charge is -2.17. The summed E-state index contributed by atoms with van der Waals surface area (Å²) in [5, 5.41) is 4.80. The fourth-order valence-electron chi connectivity index (χ4n) is 3.08. The molecule has 1 heterocycles. The number of esters is 1. The first-order valence-corrected chi connectivity index (χ1v) is 10.5. The average molecular weight is 408 g/mol. The Morgan fingerprint density at radius 3 is 2.21 bits per heavy atom. The second kappa shape index (κ2) is 9.52. The normalized spacial score (nSPS) is 11.7. The molecule has 0 aliphatic rings. The van der Waals surface area contributed by atoms with Crippen LogP contribution in [0.1, 0.15) is 45.7 Å². The number of rotatable bonds is 7. The zero-order valence-corrected chi connectivity index (χ0v) is 17.7. The number of thiophene rings is 1. The van der Waals surface area contributed by atoms with E-state index in [0.29, 0.717) is 4.88 Å². The molecule has 0 fully saturated rings. The number of hydrogen-bond acceptors (Lipinski definition) is 4. The van der Waals surface area contributed by atoms with E-state index in [1.165, 1.54) is 16.9 Å². The van der Waals surface area contributed by atoms with Crippen molar-refractivity contribution in [2.45, 2.75) is 33.2 Å². The van der Waals surface area contributed by atoms with Crippen LogP contribution >= 0.6 is 11.3 Å². The van der Waals surface area contributed by atoms with Crippen LogP contribution in [-0.2, 0) is 9.53 Å². The molecule has 0 saturated carbocycles. The Labute approximate surface area is 175 Å². The summed E-state index contributed by atoms with van der Waals surface area (Å²) in [5.41, 5.74) is 5.15. The standard InChI is InChI=1S/C24H25NO3S/c1-4-21(19-11-7-17(3)8-12-19)25-22(26)15-28-24(27)23-20(13-14-29-23)18-9-5-16(2)6-10-18/h5-14,21H,4,15H2,1-3H3,(H,25,26)/t21-/m0/s1. The van der Waals surface area contributed by atoms with E-state index in [9.17, 15) is 9.59 Å². The van der Waals surface area contributed by atoms with Gasteiger partial charge in [0.1, 0.15) is 4.88 Å². The van der Waals surface area contributed by atoms with Gasteiger partial charge in [-0.15, -0.1) is 11.3 Å². The van der Waals surface area contributed by atoms with E-state index in [1.54, 1.807) is 0 Å². The van der Waals surface area contributed by atoms with Crippen LogP contribution in [0, 0.1) is 13.8 Å². The van der Waals surface area contributed by atoms with Gasteiger partial charge in [0.05, 0.1) is 6.04 Å². The second-order valence-corrected chi connectivity index (χ2v) is 7.96. The van der Waals surface area contributed by atoms with Crippen LogP contribution < -0.4 is 5.32 Å². The highest BCUT2D eigenvalue weighted by atomic mass is 32.1. The maximum Gasteiger partial charge on any atom is 0.349 e. The fraction of sp³-hybridized carbons (Fsp3) is 0.250. The molecule has 0 radical (unpaired) electrons. The number of aryl methyl sites for hydroxylation is 2. The Morgan fingerprint density at radius 1 is 0.966 bits per heavy atom. The minimum absolute atomic E-state index is 0.105. The van der Waals surface area contributed by atoms with Gasteiger partial charge >= 0.3 is 5.97 Å². The zero-order chi connectivity index (χ0) is 20.8. The zero-order valence-electron chi connectivity index (χ0n) is 16.9. The molecule has 1 N–H and O–H groups in total. The largest absolute Gasteiger partial charge is 0.451 e. The van der Waals surface area contributed by atoms with Crippen molar-refractivity contribution in [1.82, 2.24) is 5.32 Å². The third kappa shape index (κ3) is 5.33. The summed E-state index contributed by atoms with van der Waals surface area (Å²) < 4.78 is 5.29. The highest BCUT2D eigenvalue weighted by Gasteiger charge is 2.19. The van der Waals surface area contributed by atoms with E-state index in [4.69, 9.17) is 4.74 Å². The first-order valence-electron chi connectivity index (χ1n) is 9.65. The van der Waals surface area contributed by atoms with Crippen molar-refractivity contribution in [1.29, 1.82) is 0 Å². The van der Waals surface area contributed by atoms with Crippen LogP contribution in [0.3, 0.4) is 0 Å². The molecule has 29 heavy (non-hydrogen) atoms. The van der Waals surface area contributed by atoms with Gasteiger partial charge in [-0.05, 0) is 42.8 Å². The molecule has 0 bridgehead atoms. The van der Waals surface area contributed by atoms with Crippen molar-refractivity contribution in [2.75, 3.05) is 6.61 Å². The van der Waals surface area contributed by atoms with Crippen molar-refractivity contribution in [3.05, 3.63) is 81.5 Å². The van der Waals surface area contributed by atoms with Crippen molar-refractivity contribution in [3.63, 3.8) is 0 Å². The van der Waals surface area contributed by atoms with Crippen LogP contribution in [0.2, 0.25) is 0 Å². The minimum atomic E-state index is -0.478. The molecule has 0 saturated heterocycles. The van der Waals surface area contributed by atoms with Gasteiger partial charge in [0.15, 0.2) is 6.61 Å². The maximum absolute atomic E-state index is 12.5. The molecule has 1 aromatic heterocycles. The van der Waals surface area contributed by atoms with Crippen LogP contribution in [0.4, 0.5) is 0 Å². The van der Waals surface area contributed by atoms with Crippen molar-refractivity contribution < 1.29 is 14.3 Å². The Hall–Kier alpha value is -2.92. The first-order chi connectivity index (χ1) is 14.0. The summed E-state index contributed by atoms with van der Waals surface area (Å²) in [6.07, 6.45) is 0.755. The Balaban J connectivity index is 1.60. The summed E-state index contributed by atoms with van der Waals surface area (Å²) in [4.78, 5) is 25.4. The van der Waals surface area contributed by atoms with Crippen LogP contribution in [-0.4, -0.2) is 18.5 Å². The summed E-state index contributed by atoms with van der Waals surface area (Å²) >= 11 is 1.32. The van der Waals surface area contributed by atoms with Crippen molar-refractivity contribution in [3.8, 4) is 11.1 Å². The summed E-state index contributed by atoms with van der Waals surface area (Å²) in [6.45, 7) is 5.76. The Morgan fingerprint density at radius 2 is 1.59 bits per heavy atom. The van der Waals surface area contributed by atoms with Crippen molar-refractivity contribution >= 4 is 23.2 Å². The van der Waals surface area contributed by atoms with Gasteiger partial charge in [0, 0.05) is 5.56 Å². The Bertz CT molecular complexity index is 974. The van der Waals surface area contributed by atoms with Crippen molar-refractivity contribution in [2.24, 2.45) is 0 Å². The molecule has 0 unspecified atom stereocenters. The lowest BCUT2D eigenvalue weighted by Crippen LogP contribution is -2.32. The van der Waals surface area contributed by atoms with E-state index >= 15 is 0 Å². The topological polar surface area (TPSA) is 55.4 Å². The number of nitrogens with one attached hydrogen (secondary N) is 1. The molecule has 4 nitrogen and oxygen atoms in total. The van der Waals surface area contributed by atoms with Gasteiger partial charge in [-0.2, -0.15) is 0 Å². The summed E-state index contributed by atoms with van der Waals surface area (Å²) in [7, 11) is 0. The molecular formula is C24H25NO3S. The number of carbonyl (C=O) groups excluding carboxylic acids is 2. The molecule has 0 aliphatic heterocycles. The third-order valence-corrected chi connectivity index (χ3v) is 5.67. The van der Waals surface area contributed by atoms with Gasteiger partial charge in [0.2, 0.25) is 0 Å². The van der Waals surface area contributed by atoms with Crippen LogP contribution in [0.15, 0.2) is 60.0 Å². The van der Waals surface area contributed by atoms with Crippen LogP contribution in [0.25, 0.3) is 11.1 Å². The lowest BCUT2D eigenvalue weighted by atomic mass is 10.0. The van der Waals surface area contributed by atoms with E-state index in [-0.39, 0.29) is 18.6 Å². The number of hydrogen-bond donors (Lipinski definition) is 1. The first kappa shape index (κ1) is 20.8. The van der Waals surface area contributed by atoms with Gasteiger partial charge in [-0.1, -0.05) is 66.6 Å². The average Bonchev–Trinajstić information content (AvgIpc) is 3.21. The van der Waals surface area contributed by atoms with E-state index in [0.717, 1.165) is 28.7 Å². The molecule has 0 aliphatic carbocycles. The number of ether oxygens (including phenoxy) is 1. The molecule has 3 aromatic rings. The molecule has 5 heteroatoms. The lowest BCUT2D eigenvalue weighted by molar-refractivity contribution is -0.125. The summed E-state index contributed by atoms with van der Waals surface area (Å²) in [5.74, 6) is -0.784. The van der Waals surface area contributed by atoms with E-state index < -0.39 is 5.97 Å². The Kier molecular flexibility index (Phi) is 6.83. The molecule has 150 valence electrons. The van der Waals surface area contributed by atoms with Gasteiger partial charge in [-0.3, -0.25) is 4.79 Å². The van der Waals surface area contributed by atoms with E-state index in [1.807, 2.05) is 80.7 Å². The summed E-state index contributed by atoms with van der Waals surface area (Å²) in [6, 6.07) is 17.8. The molecule has 3 rings (SSSR count). The number of benzene rings is 2. The molecule has 1 atom stereocenters. The van der Waals surface area contributed by atoms with Crippen LogP contribution in [0.5, 0.6) is 0 Å². The minimum Gasteiger partial charge on any atom is -0.451 e. The second-order valence-electron chi connectivity index (χ2n) is 7.04. The predicted molar refractivity (Wildman–Crippen MR) is 117 cm³/mol. The molecule has 2 aromatic carbocycles. The van der Waals surface area contributed by atoms with E-state index in [2.05, 4.69) is 5.32 Å². The molecule has 1 amide bonds. The quantitative estimate of drug-likeness (QED) is 0.529. The van der Waals surface area contributed by atoms with Gasteiger partial charge in [-0.25, -0.2) is 4.79 Å². The third-order valence-electron chi connectivity index (χ3n) is 4.77. The number of carbonyl (C=O) groups is 2. The molecular weight excluding hydrogens is 382 g/mol. The smallest absolute Gasteiger partial charge is 0.349 e. The van der Waals surface area contributed by atoms with Gasteiger partial charge in [0.25, 0.3) is 5.91 Å². The fourth-order valence-corrected chi connectivity index (χ4v) is 3.89. The highest BCUT2D eigenvalue weighted by molar-refractivity contribution is 7.12. The predicted octanol–water partition coefficient (Wildman–Crippen LogP) is 5.46. The number of amides is 1. The SMILES string of the molecule is CC[C@H](NC(=O)COC(=O)c1sccc1-c1ccc(C)cc1)c1ccc(C)cc1. The highest BCUT2D eigenvalue weighted by Crippen LogP contribution is 2.29. The molecule has 0 spiro atoms. The maximum atomic E-state index is 12.5. The monoisotopic (exact) mass is 407 g/mol.